The van der Waals surface area contributed by atoms with Crippen LogP contribution in [0.5, 0.6) is 0 Å². The fraction of sp³-hybridized carbons (Fsp3) is 0.625. The van der Waals surface area contributed by atoms with E-state index in [1.165, 1.54) is 16.8 Å². The van der Waals surface area contributed by atoms with Gasteiger partial charge in [-0.2, -0.15) is 0 Å². The molecule has 19 heavy (non-hydrogen) atoms. The Morgan fingerprint density at radius 2 is 2.05 bits per heavy atom. The van der Waals surface area contributed by atoms with Gasteiger partial charge in [-0.15, -0.1) is 0 Å². The molecule has 106 valence electrons. The summed E-state index contributed by atoms with van der Waals surface area (Å²) in [5.74, 6) is 0. The molecule has 1 saturated heterocycles. The monoisotopic (exact) mass is 262 g/mol. The molecular weight excluding hydrogens is 236 g/mol. The highest BCUT2D eigenvalue weighted by Gasteiger charge is 2.19. The molecule has 1 aromatic carbocycles. The highest BCUT2D eigenvalue weighted by molar-refractivity contribution is 5.55. The number of nitrogens with zero attached hydrogens (tertiary/aromatic N) is 1. The van der Waals surface area contributed by atoms with Gasteiger partial charge in [0.25, 0.3) is 0 Å². The predicted molar refractivity (Wildman–Crippen MR) is 80.6 cm³/mol. The number of hydrogen-bond acceptors (Lipinski definition) is 3. The van der Waals surface area contributed by atoms with Gasteiger partial charge in [0.05, 0.1) is 6.10 Å². The van der Waals surface area contributed by atoms with E-state index in [2.05, 4.69) is 42.3 Å². The van der Waals surface area contributed by atoms with E-state index in [0.717, 1.165) is 45.4 Å². The van der Waals surface area contributed by atoms with E-state index >= 15 is 0 Å². The van der Waals surface area contributed by atoms with E-state index in [1.54, 1.807) is 0 Å². The number of piperidine rings is 1. The lowest BCUT2D eigenvalue weighted by Gasteiger charge is -2.33. The molecule has 0 amide bonds. The van der Waals surface area contributed by atoms with Crippen LogP contribution >= 0.6 is 0 Å². The number of benzene rings is 1. The van der Waals surface area contributed by atoms with Crippen molar-refractivity contribution in [2.45, 2.75) is 45.8 Å². The van der Waals surface area contributed by atoms with Crippen LogP contribution < -0.4 is 10.2 Å². The van der Waals surface area contributed by atoms with Crippen molar-refractivity contribution in [1.82, 2.24) is 5.32 Å². The van der Waals surface area contributed by atoms with E-state index in [9.17, 15) is 5.11 Å². The highest BCUT2D eigenvalue weighted by Crippen LogP contribution is 2.25. The summed E-state index contributed by atoms with van der Waals surface area (Å²) < 4.78 is 0. The molecule has 2 rings (SSSR count). The molecule has 0 aliphatic carbocycles. The summed E-state index contributed by atoms with van der Waals surface area (Å²) in [5, 5.41) is 13.1. The Labute approximate surface area is 116 Å². The van der Waals surface area contributed by atoms with Gasteiger partial charge in [0, 0.05) is 25.3 Å². The van der Waals surface area contributed by atoms with E-state index in [4.69, 9.17) is 0 Å². The Balaban J connectivity index is 2.09. The SMILES string of the molecule is CCCNCc1cc(C)ccc1N1CCC(O)CC1. The van der Waals surface area contributed by atoms with Gasteiger partial charge in [-0.25, -0.2) is 0 Å². The first-order valence-electron chi connectivity index (χ1n) is 7.44. The first-order valence-corrected chi connectivity index (χ1v) is 7.44. The Hall–Kier alpha value is -1.06. The lowest BCUT2D eigenvalue weighted by Crippen LogP contribution is -2.36. The third kappa shape index (κ3) is 3.95. The fourth-order valence-corrected chi connectivity index (χ4v) is 2.67. The van der Waals surface area contributed by atoms with E-state index in [1.807, 2.05) is 0 Å². The first kappa shape index (κ1) is 14.4. The molecule has 3 nitrogen and oxygen atoms in total. The number of nitrogens with one attached hydrogen (secondary N) is 1. The van der Waals surface area contributed by atoms with Gasteiger partial charge in [0.2, 0.25) is 0 Å². The van der Waals surface area contributed by atoms with Gasteiger partial charge in [-0.3, -0.25) is 0 Å². The number of aliphatic hydroxyl groups is 1. The summed E-state index contributed by atoms with van der Waals surface area (Å²) in [6.07, 6.45) is 2.83. The van der Waals surface area contributed by atoms with Crippen molar-refractivity contribution in [3.63, 3.8) is 0 Å². The molecule has 1 fully saturated rings. The van der Waals surface area contributed by atoms with Crippen molar-refractivity contribution in [3.8, 4) is 0 Å². The number of aryl methyl sites for hydroxylation is 1. The van der Waals surface area contributed by atoms with Crippen LogP contribution in [0.15, 0.2) is 18.2 Å². The minimum atomic E-state index is -0.108. The number of aliphatic hydroxyl groups excluding tert-OH is 1. The molecule has 2 N–H and O–H groups in total. The average Bonchev–Trinajstić information content (AvgIpc) is 2.41. The van der Waals surface area contributed by atoms with Crippen LogP contribution in [0.25, 0.3) is 0 Å². The van der Waals surface area contributed by atoms with Crippen LogP contribution in [0, 0.1) is 6.92 Å². The van der Waals surface area contributed by atoms with Crippen LogP contribution in [0.4, 0.5) is 5.69 Å². The van der Waals surface area contributed by atoms with Crippen molar-refractivity contribution >= 4 is 5.69 Å². The summed E-state index contributed by atoms with van der Waals surface area (Å²) in [6.45, 7) is 8.26. The molecular formula is C16H26N2O. The molecule has 1 aromatic rings. The minimum absolute atomic E-state index is 0.108. The molecule has 0 radical (unpaired) electrons. The van der Waals surface area contributed by atoms with Crippen molar-refractivity contribution in [2.24, 2.45) is 0 Å². The third-order valence-electron chi connectivity index (χ3n) is 3.78. The lowest BCUT2D eigenvalue weighted by molar-refractivity contribution is 0.145. The van der Waals surface area contributed by atoms with Gasteiger partial charge in [-0.1, -0.05) is 24.6 Å². The van der Waals surface area contributed by atoms with Crippen LogP contribution in [0.2, 0.25) is 0 Å². The zero-order chi connectivity index (χ0) is 13.7. The Morgan fingerprint density at radius 1 is 1.32 bits per heavy atom. The third-order valence-corrected chi connectivity index (χ3v) is 3.78. The molecule has 0 saturated carbocycles. The number of hydrogen-bond donors (Lipinski definition) is 2. The van der Waals surface area contributed by atoms with E-state index < -0.39 is 0 Å². The first-order chi connectivity index (χ1) is 9.20. The van der Waals surface area contributed by atoms with E-state index in [0.29, 0.717) is 0 Å². The average molecular weight is 262 g/mol. The van der Waals surface area contributed by atoms with Gasteiger partial charge in [0.15, 0.2) is 0 Å². The Morgan fingerprint density at radius 3 is 2.74 bits per heavy atom. The molecule has 0 aromatic heterocycles. The molecule has 1 heterocycles. The Kier molecular flexibility index (Phi) is 5.23. The van der Waals surface area contributed by atoms with Crippen LogP contribution in [-0.2, 0) is 6.54 Å². The summed E-state index contributed by atoms with van der Waals surface area (Å²) in [7, 11) is 0. The second-order valence-corrected chi connectivity index (χ2v) is 5.53. The highest BCUT2D eigenvalue weighted by atomic mass is 16.3. The molecule has 1 aliphatic heterocycles. The maximum absolute atomic E-state index is 9.62. The topological polar surface area (TPSA) is 35.5 Å². The number of rotatable bonds is 5. The molecule has 0 atom stereocenters. The van der Waals surface area contributed by atoms with E-state index in [-0.39, 0.29) is 6.10 Å². The molecule has 0 spiro atoms. The molecule has 0 unspecified atom stereocenters. The number of anilines is 1. The zero-order valence-electron chi connectivity index (χ0n) is 12.2. The van der Waals surface area contributed by atoms with Crippen molar-refractivity contribution < 1.29 is 5.11 Å². The van der Waals surface area contributed by atoms with Crippen molar-refractivity contribution in [1.29, 1.82) is 0 Å². The smallest absolute Gasteiger partial charge is 0.0574 e. The quantitative estimate of drug-likeness (QED) is 0.800. The minimum Gasteiger partial charge on any atom is -0.393 e. The van der Waals surface area contributed by atoms with Crippen LogP contribution in [-0.4, -0.2) is 30.8 Å². The zero-order valence-corrected chi connectivity index (χ0v) is 12.2. The normalized spacial score (nSPS) is 16.9. The maximum Gasteiger partial charge on any atom is 0.0574 e. The van der Waals surface area contributed by atoms with Gasteiger partial charge < -0.3 is 15.3 Å². The second-order valence-electron chi connectivity index (χ2n) is 5.53. The van der Waals surface area contributed by atoms with Crippen LogP contribution in [0.3, 0.4) is 0 Å². The maximum atomic E-state index is 9.62. The summed E-state index contributed by atoms with van der Waals surface area (Å²) >= 11 is 0. The van der Waals surface area contributed by atoms with Gasteiger partial charge in [-0.05, 0) is 44.4 Å². The molecule has 3 heteroatoms. The summed E-state index contributed by atoms with van der Waals surface area (Å²) in [5.41, 5.74) is 4.03. The fourth-order valence-electron chi connectivity index (χ4n) is 2.67. The molecule has 0 bridgehead atoms. The van der Waals surface area contributed by atoms with Gasteiger partial charge >= 0.3 is 0 Å². The second kappa shape index (κ2) is 6.92. The largest absolute Gasteiger partial charge is 0.393 e. The standard InChI is InChI=1S/C16H26N2O/c1-3-8-17-12-14-11-13(2)4-5-16(14)18-9-6-15(19)7-10-18/h4-5,11,15,17,19H,3,6-10,12H2,1-2H3. The summed E-state index contributed by atoms with van der Waals surface area (Å²) in [6, 6.07) is 6.70. The lowest BCUT2D eigenvalue weighted by atomic mass is 10.0. The van der Waals surface area contributed by atoms with Crippen molar-refractivity contribution in [2.75, 3.05) is 24.5 Å². The van der Waals surface area contributed by atoms with Gasteiger partial charge in [0.1, 0.15) is 0 Å². The van der Waals surface area contributed by atoms with Crippen molar-refractivity contribution in [3.05, 3.63) is 29.3 Å². The Bertz CT molecular complexity index is 398. The predicted octanol–water partition coefficient (Wildman–Crippen LogP) is 2.46. The summed E-state index contributed by atoms with van der Waals surface area (Å²) in [4.78, 5) is 2.41. The van der Waals surface area contributed by atoms with Crippen LogP contribution in [0.1, 0.15) is 37.3 Å². The molecule has 1 aliphatic rings.